The third kappa shape index (κ3) is 2.67. The predicted molar refractivity (Wildman–Crippen MR) is 67.5 cm³/mol. The van der Waals surface area contributed by atoms with Gasteiger partial charge in [0.2, 0.25) is 0 Å². The minimum absolute atomic E-state index is 0.118. The monoisotopic (exact) mass is 233 g/mol. The fraction of sp³-hybridized carbons (Fsp3) is 0.500. The van der Waals surface area contributed by atoms with Crippen molar-refractivity contribution in [2.45, 2.75) is 13.8 Å². The van der Waals surface area contributed by atoms with Crippen LogP contribution in [0.25, 0.3) is 0 Å². The van der Waals surface area contributed by atoms with E-state index in [2.05, 4.69) is 12.2 Å². The summed E-state index contributed by atoms with van der Waals surface area (Å²) in [5.41, 5.74) is 0.786. The first kappa shape index (κ1) is 12.1. The first-order valence-corrected chi connectivity index (χ1v) is 6.20. The molecule has 2 atom stereocenters. The average Bonchev–Trinajstić information content (AvgIpc) is 2.76. The minimum Gasteiger partial charge on any atom is -0.494 e. The third-order valence-corrected chi connectivity index (χ3v) is 3.30. The molecular weight excluding hydrogens is 214 g/mol. The van der Waals surface area contributed by atoms with Crippen LogP contribution in [0.1, 0.15) is 24.2 Å². The van der Waals surface area contributed by atoms with Crippen molar-refractivity contribution >= 4 is 5.78 Å². The minimum atomic E-state index is 0.118. The number of hydrogen-bond donors (Lipinski definition) is 1. The van der Waals surface area contributed by atoms with Crippen LogP contribution in [0.15, 0.2) is 24.3 Å². The molecule has 1 N–H and O–H groups in total. The fourth-order valence-electron chi connectivity index (χ4n) is 2.26. The molecule has 92 valence electrons. The van der Waals surface area contributed by atoms with Crippen molar-refractivity contribution in [2.75, 3.05) is 19.7 Å². The van der Waals surface area contributed by atoms with Gasteiger partial charge in [-0.15, -0.1) is 0 Å². The normalized spacial score (nSPS) is 23.6. The largest absolute Gasteiger partial charge is 0.494 e. The second-order valence-electron chi connectivity index (χ2n) is 4.56. The Balaban J connectivity index is 2.08. The van der Waals surface area contributed by atoms with Gasteiger partial charge in [0.1, 0.15) is 5.75 Å². The second-order valence-corrected chi connectivity index (χ2v) is 4.56. The number of benzene rings is 1. The standard InChI is InChI=1S/C14H19NO2/c1-3-17-12-6-4-11(5-7-12)14(16)13-9-15-8-10(13)2/h4-7,10,13,15H,3,8-9H2,1-2H3. The second kappa shape index (κ2) is 5.32. The van der Waals surface area contributed by atoms with Gasteiger partial charge in [0.05, 0.1) is 6.61 Å². The summed E-state index contributed by atoms with van der Waals surface area (Å²) < 4.78 is 5.36. The van der Waals surface area contributed by atoms with Gasteiger partial charge >= 0.3 is 0 Å². The van der Waals surface area contributed by atoms with Crippen LogP contribution in [0.2, 0.25) is 0 Å². The van der Waals surface area contributed by atoms with E-state index in [0.29, 0.717) is 12.5 Å². The van der Waals surface area contributed by atoms with Gasteiger partial charge in [-0.05, 0) is 43.7 Å². The molecule has 3 nitrogen and oxygen atoms in total. The molecule has 0 spiro atoms. The Morgan fingerprint density at radius 2 is 2.06 bits per heavy atom. The Morgan fingerprint density at radius 1 is 1.35 bits per heavy atom. The van der Waals surface area contributed by atoms with Crippen molar-refractivity contribution in [3.63, 3.8) is 0 Å². The van der Waals surface area contributed by atoms with Gasteiger partial charge in [-0.3, -0.25) is 4.79 Å². The van der Waals surface area contributed by atoms with Crippen LogP contribution in [0.5, 0.6) is 5.75 Å². The van der Waals surface area contributed by atoms with Gasteiger partial charge in [-0.25, -0.2) is 0 Å². The quantitative estimate of drug-likeness (QED) is 0.810. The molecule has 0 bridgehead atoms. The summed E-state index contributed by atoms with van der Waals surface area (Å²) in [5, 5.41) is 3.26. The summed E-state index contributed by atoms with van der Waals surface area (Å²) in [6.45, 7) is 6.46. The lowest BCUT2D eigenvalue weighted by Gasteiger charge is -2.13. The summed E-state index contributed by atoms with van der Waals surface area (Å²) >= 11 is 0. The van der Waals surface area contributed by atoms with Crippen LogP contribution >= 0.6 is 0 Å². The van der Waals surface area contributed by atoms with Gasteiger partial charge in [0, 0.05) is 18.0 Å². The number of ketones is 1. The number of hydrogen-bond acceptors (Lipinski definition) is 3. The van der Waals surface area contributed by atoms with E-state index in [0.717, 1.165) is 24.4 Å². The lowest BCUT2D eigenvalue weighted by Crippen LogP contribution is -2.21. The number of ether oxygens (including phenoxy) is 1. The molecule has 1 aromatic rings. The molecule has 2 unspecified atom stereocenters. The van der Waals surface area contributed by atoms with Crippen molar-refractivity contribution in [2.24, 2.45) is 11.8 Å². The maximum Gasteiger partial charge on any atom is 0.167 e. The molecule has 1 aliphatic heterocycles. The molecule has 0 aliphatic carbocycles. The molecule has 1 aliphatic rings. The van der Waals surface area contributed by atoms with Crippen molar-refractivity contribution in [3.05, 3.63) is 29.8 Å². The Bertz CT molecular complexity index is 386. The van der Waals surface area contributed by atoms with Gasteiger partial charge in [0.25, 0.3) is 0 Å². The molecule has 0 radical (unpaired) electrons. The highest BCUT2D eigenvalue weighted by Gasteiger charge is 2.29. The predicted octanol–water partition coefficient (Wildman–Crippen LogP) is 2.12. The van der Waals surface area contributed by atoms with Gasteiger partial charge in [-0.2, -0.15) is 0 Å². The molecular formula is C14H19NO2. The van der Waals surface area contributed by atoms with E-state index in [-0.39, 0.29) is 11.7 Å². The number of Topliss-reactive ketones (excluding diaryl/α,β-unsaturated/α-hetero) is 1. The highest BCUT2D eigenvalue weighted by molar-refractivity contribution is 5.98. The molecule has 0 saturated carbocycles. The number of nitrogens with one attached hydrogen (secondary N) is 1. The first-order valence-electron chi connectivity index (χ1n) is 6.20. The van der Waals surface area contributed by atoms with Gasteiger partial charge < -0.3 is 10.1 Å². The van der Waals surface area contributed by atoms with Crippen molar-refractivity contribution < 1.29 is 9.53 Å². The maximum absolute atomic E-state index is 12.2. The van der Waals surface area contributed by atoms with Crippen molar-refractivity contribution in [1.29, 1.82) is 0 Å². The molecule has 0 aromatic heterocycles. The average molecular weight is 233 g/mol. The van der Waals surface area contributed by atoms with Crippen molar-refractivity contribution in [1.82, 2.24) is 5.32 Å². The highest BCUT2D eigenvalue weighted by atomic mass is 16.5. The molecule has 1 aromatic carbocycles. The molecule has 1 fully saturated rings. The van der Waals surface area contributed by atoms with Crippen LogP contribution in [-0.4, -0.2) is 25.5 Å². The number of rotatable bonds is 4. The number of carbonyl (C=O) groups is 1. The lowest BCUT2D eigenvalue weighted by atomic mass is 9.90. The van der Waals surface area contributed by atoms with Crippen LogP contribution in [-0.2, 0) is 0 Å². The Hall–Kier alpha value is -1.35. The molecule has 1 saturated heterocycles. The van der Waals surface area contributed by atoms with Crippen LogP contribution in [0.4, 0.5) is 0 Å². The van der Waals surface area contributed by atoms with Gasteiger partial charge in [-0.1, -0.05) is 6.92 Å². The smallest absolute Gasteiger partial charge is 0.167 e. The Labute approximate surface area is 102 Å². The molecule has 3 heteroatoms. The highest BCUT2D eigenvalue weighted by Crippen LogP contribution is 2.22. The lowest BCUT2D eigenvalue weighted by molar-refractivity contribution is 0.0907. The molecule has 0 amide bonds. The Kier molecular flexibility index (Phi) is 3.79. The van der Waals surface area contributed by atoms with E-state index >= 15 is 0 Å². The van der Waals surface area contributed by atoms with Crippen LogP contribution < -0.4 is 10.1 Å². The SMILES string of the molecule is CCOc1ccc(C(=O)C2CNCC2C)cc1. The van der Waals surface area contributed by atoms with E-state index in [4.69, 9.17) is 4.74 Å². The van der Waals surface area contributed by atoms with Gasteiger partial charge in [0.15, 0.2) is 5.78 Å². The zero-order chi connectivity index (χ0) is 12.3. The summed E-state index contributed by atoms with van der Waals surface area (Å²) in [7, 11) is 0. The third-order valence-electron chi connectivity index (χ3n) is 3.30. The van der Waals surface area contributed by atoms with E-state index < -0.39 is 0 Å². The van der Waals surface area contributed by atoms with E-state index in [9.17, 15) is 4.79 Å². The Morgan fingerprint density at radius 3 is 2.59 bits per heavy atom. The topological polar surface area (TPSA) is 38.3 Å². The molecule has 2 rings (SSSR count). The first-order chi connectivity index (χ1) is 8.22. The summed E-state index contributed by atoms with van der Waals surface area (Å²) in [6, 6.07) is 7.45. The van der Waals surface area contributed by atoms with Crippen LogP contribution in [0.3, 0.4) is 0 Å². The van der Waals surface area contributed by atoms with E-state index in [1.54, 1.807) is 0 Å². The zero-order valence-corrected chi connectivity index (χ0v) is 10.4. The summed E-state index contributed by atoms with van der Waals surface area (Å²) in [4.78, 5) is 12.2. The van der Waals surface area contributed by atoms with Crippen LogP contribution in [0, 0.1) is 11.8 Å². The van der Waals surface area contributed by atoms with Crippen molar-refractivity contribution in [3.8, 4) is 5.75 Å². The fourth-order valence-corrected chi connectivity index (χ4v) is 2.26. The number of carbonyl (C=O) groups excluding carboxylic acids is 1. The zero-order valence-electron chi connectivity index (χ0n) is 10.4. The molecule has 1 heterocycles. The van der Waals surface area contributed by atoms with E-state index in [1.807, 2.05) is 31.2 Å². The van der Waals surface area contributed by atoms with E-state index in [1.165, 1.54) is 0 Å². The summed E-state index contributed by atoms with van der Waals surface area (Å²) in [6.07, 6.45) is 0. The maximum atomic E-state index is 12.2. The molecule has 17 heavy (non-hydrogen) atoms. The summed E-state index contributed by atoms with van der Waals surface area (Å²) in [5.74, 6) is 1.61.